The van der Waals surface area contributed by atoms with E-state index in [4.69, 9.17) is 0 Å². The highest BCUT2D eigenvalue weighted by Crippen LogP contribution is 2.16. The molecule has 0 bridgehead atoms. The SMILES string of the molecule is Cc1ccc(NCc2nc(C)ccc2O)cn1. The number of hydrogen-bond donors (Lipinski definition) is 2. The summed E-state index contributed by atoms with van der Waals surface area (Å²) in [6.07, 6.45) is 1.77. The van der Waals surface area contributed by atoms with E-state index in [-0.39, 0.29) is 5.75 Å². The van der Waals surface area contributed by atoms with Crippen molar-refractivity contribution in [3.05, 3.63) is 47.5 Å². The molecule has 0 atom stereocenters. The standard InChI is InChI=1S/C13H15N3O/c1-9-3-5-11(7-14-9)15-8-12-13(17)6-4-10(2)16-12/h3-7,15,17H,8H2,1-2H3. The molecule has 0 aliphatic rings. The lowest BCUT2D eigenvalue weighted by Gasteiger charge is -2.08. The second kappa shape index (κ2) is 4.82. The predicted octanol–water partition coefficient (Wildman–Crippen LogP) is 2.41. The molecule has 2 rings (SSSR count). The van der Waals surface area contributed by atoms with Gasteiger partial charge in [0, 0.05) is 11.4 Å². The Balaban J connectivity index is 2.07. The van der Waals surface area contributed by atoms with Crippen molar-refractivity contribution in [3.8, 4) is 5.75 Å². The van der Waals surface area contributed by atoms with Gasteiger partial charge in [0.15, 0.2) is 0 Å². The van der Waals surface area contributed by atoms with Crippen LogP contribution in [0.25, 0.3) is 0 Å². The van der Waals surface area contributed by atoms with Gasteiger partial charge in [-0.05, 0) is 38.1 Å². The summed E-state index contributed by atoms with van der Waals surface area (Å²) in [6, 6.07) is 7.33. The van der Waals surface area contributed by atoms with E-state index < -0.39 is 0 Å². The summed E-state index contributed by atoms with van der Waals surface area (Å²) in [5, 5.41) is 12.8. The molecule has 4 nitrogen and oxygen atoms in total. The van der Waals surface area contributed by atoms with Gasteiger partial charge in [-0.15, -0.1) is 0 Å². The molecule has 0 amide bonds. The maximum absolute atomic E-state index is 9.64. The van der Waals surface area contributed by atoms with E-state index in [1.165, 1.54) is 0 Å². The van der Waals surface area contributed by atoms with Crippen molar-refractivity contribution < 1.29 is 5.11 Å². The summed E-state index contributed by atoms with van der Waals surface area (Å²) in [6.45, 7) is 4.33. The van der Waals surface area contributed by atoms with Crippen molar-refractivity contribution in [2.45, 2.75) is 20.4 Å². The van der Waals surface area contributed by atoms with Crippen molar-refractivity contribution in [2.75, 3.05) is 5.32 Å². The Morgan fingerprint density at radius 3 is 2.59 bits per heavy atom. The lowest BCUT2D eigenvalue weighted by atomic mass is 10.2. The van der Waals surface area contributed by atoms with E-state index in [0.29, 0.717) is 12.2 Å². The number of aromatic nitrogens is 2. The zero-order valence-electron chi connectivity index (χ0n) is 9.94. The van der Waals surface area contributed by atoms with Crippen LogP contribution in [0.1, 0.15) is 17.1 Å². The normalized spacial score (nSPS) is 10.2. The molecular formula is C13H15N3O. The number of anilines is 1. The fourth-order valence-corrected chi connectivity index (χ4v) is 1.49. The first-order chi connectivity index (χ1) is 8.15. The first-order valence-corrected chi connectivity index (χ1v) is 5.47. The third-order valence-electron chi connectivity index (χ3n) is 2.46. The minimum atomic E-state index is 0.211. The molecule has 0 fully saturated rings. The van der Waals surface area contributed by atoms with Crippen LogP contribution in [-0.4, -0.2) is 15.1 Å². The van der Waals surface area contributed by atoms with Gasteiger partial charge in [0.2, 0.25) is 0 Å². The van der Waals surface area contributed by atoms with E-state index in [0.717, 1.165) is 17.1 Å². The molecule has 0 radical (unpaired) electrons. The van der Waals surface area contributed by atoms with E-state index in [1.54, 1.807) is 18.3 Å². The molecule has 0 saturated heterocycles. The fraction of sp³-hybridized carbons (Fsp3) is 0.231. The quantitative estimate of drug-likeness (QED) is 0.848. The topological polar surface area (TPSA) is 58.0 Å². The van der Waals surface area contributed by atoms with Gasteiger partial charge < -0.3 is 10.4 Å². The highest BCUT2D eigenvalue weighted by Gasteiger charge is 2.02. The summed E-state index contributed by atoms with van der Waals surface area (Å²) in [4.78, 5) is 8.46. The molecule has 2 aromatic heterocycles. The Kier molecular flexibility index (Phi) is 3.23. The van der Waals surface area contributed by atoms with Gasteiger partial charge in [-0.1, -0.05) is 0 Å². The summed E-state index contributed by atoms with van der Waals surface area (Å²) < 4.78 is 0. The van der Waals surface area contributed by atoms with E-state index in [1.807, 2.05) is 26.0 Å². The number of aromatic hydroxyl groups is 1. The number of rotatable bonds is 3. The molecule has 0 unspecified atom stereocenters. The Morgan fingerprint density at radius 2 is 1.88 bits per heavy atom. The average Bonchev–Trinajstić information content (AvgIpc) is 2.32. The average molecular weight is 229 g/mol. The second-order valence-electron chi connectivity index (χ2n) is 3.96. The van der Waals surface area contributed by atoms with Gasteiger partial charge in [-0.25, -0.2) is 0 Å². The molecule has 17 heavy (non-hydrogen) atoms. The molecule has 88 valence electrons. The Hall–Kier alpha value is -2.10. The van der Waals surface area contributed by atoms with Crippen molar-refractivity contribution in [1.82, 2.24) is 9.97 Å². The van der Waals surface area contributed by atoms with Crippen LogP contribution >= 0.6 is 0 Å². The Labute approximate surface area is 100 Å². The third-order valence-corrected chi connectivity index (χ3v) is 2.46. The van der Waals surface area contributed by atoms with Crippen LogP contribution in [0.4, 0.5) is 5.69 Å². The predicted molar refractivity (Wildman–Crippen MR) is 66.9 cm³/mol. The van der Waals surface area contributed by atoms with Gasteiger partial charge in [-0.3, -0.25) is 9.97 Å². The van der Waals surface area contributed by atoms with E-state index in [2.05, 4.69) is 15.3 Å². The van der Waals surface area contributed by atoms with Gasteiger partial charge in [0.05, 0.1) is 18.4 Å². The molecule has 4 heteroatoms. The van der Waals surface area contributed by atoms with Crippen molar-refractivity contribution in [2.24, 2.45) is 0 Å². The summed E-state index contributed by atoms with van der Waals surface area (Å²) in [7, 11) is 0. The molecule has 0 aliphatic carbocycles. The van der Waals surface area contributed by atoms with Crippen LogP contribution in [0.5, 0.6) is 5.75 Å². The monoisotopic (exact) mass is 229 g/mol. The molecule has 0 aromatic carbocycles. The lowest BCUT2D eigenvalue weighted by molar-refractivity contribution is 0.464. The number of aryl methyl sites for hydroxylation is 2. The third kappa shape index (κ3) is 2.93. The first-order valence-electron chi connectivity index (χ1n) is 5.47. The molecule has 2 aromatic rings. The molecule has 2 heterocycles. The van der Waals surface area contributed by atoms with Gasteiger partial charge in [0.1, 0.15) is 11.4 Å². The molecule has 2 N–H and O–H groups in total. The van der Waals surface area contributed by atoms with Gasteiger partial charge in [-0.2, -0.15) is 0 Å². The smallest absolute Gasteiger partial charge is 0.138 e. The fourth-order valence-electron chi connectivity index (χ4n) is 1.49. The van der Waals surface area contributed by atoms with Crippen LogP contribution in [-0.2, 0) is 6.54 Å². The molecule has 0 aliphatic heterocycles. The van der Waals surface area contributed by atoms with E-state index in [9.17, 15) is 5.11 Å². The van der Waals surface area contributed by atoms with E-state index >= 15 is 0 Å². The van der Waals surface area contributed by atoms with Crippen molar-refractivity contribution in [3.63, 3.8) is 0 Å². The van der Waals surface area contributed by atoms with Crippen molar-refractivity contribution >= 4 is 5.69 Å². The minimum absolute atomic E-state index is 0.211. The summed E-state index contributed by atoms with van der Waals surface area (Å²) in [5.74, 6) is 0.211. The number of nitrogens with one attached hydrogen (secondary N) is 1. The van der Waals surface area contributed by atoms with Crippen LogP contribution in [0.15, 0.2) is 30.5 Å². The minimum Gasteiger partial charge on any atom is -0.506 e. The second-order valence-corrected chi connectivity index (χ2v) is 3.96. The Morgan fingerprint density at radius 1 is 1.12 bits per heavy atom. The van der Waals surface area contributed by atoms with Crippen LogP contribution in [0.3, 0.4) is 0 Å². The molecule has 0 saturated carbocycles. The van der Waals surface area contributed by atoms with Gasteiger partial charge >= 0.3 is 0 Å². The Bertz CT molecular complexity index is 509. The van der Waals surface area contributed by atoms with Gasteiger partial charge in [0.25, 0.3) is 0 Å². The summed E-state index contributed by atoms with van der Waals surface area (Å²) in [5.41, 5.74) is 3.43. The number of hydrogen-bond acceptors (Lipinski definition) is 4. The maximum atomic E-state index is 9.64. The first kappa shape index (κ1) is 11.4. The van der Waals surface area contributed by atoms with Crippen molar-refractivity contribution in [1.29, 1.82) is 0 Å². The molecular weight excluding hydrogens is 214 g/mol. The van der Waals surface area contributed by atoms with Crippen LogP contribution in [0.2, 0.25) is 0 Å². The highest BCUT2D eigenvalue weighted by molar-refractivity contribution is 5.42. The molecule has 0 spiro atoms. The largest absolute Gasteiger partial charge is 0.506 e. The zero-order valence-corrected chi connectivity index (χ0v) is 9.94. The number of pyridine rings is 2. The van der Waals surface area contributed by atoms with Crippen LogP contribution in [0, 0.1) is 13.8 Å². The highest BCUT2D eigenvalue weighted by atomic mass is 16.3. The summed E-state index contributed by atoms with van der Waals surface area (Å²) >= 11 is 0. The maximum Gasteiger partial charge on any atom is 0.138 e. The number of nitrogens with zero attached hydrogens (tertiary/aromatic N) is 2. The zero-order chi connectivity index (χ0) is 12.3. The van der Waals surface area contributed by atoms with Crippen LogP contribution < -0.4 is 5.32 Å². The lowest BCUT2D eigenvalue weighted by Crippen LogP contribution is -2.03.